The van der Waals surface area contributed by atoms with Gasteiger partial charge in [-0.1, -0.05) is 23.9 Å². The van der Waals surface area contributed by atoms with Crippen LogP contribution in [0.2, 0.25) is 0 Å². The lowest BCUT2D eigenvalue weighted by Crippen LogP contribution is -2.14. The fourth-order valence-corrected chi connectivity index (χ4v) is 4.20. The predicted molar refractivity (Wildman–Crippen MR) is 140 cm³/mol. The molecule has 0 atom stereocenters. The zero-order valence-corrected chi connectivity index (χ0v) is 20.8. The van der Waals surface area contributed by atoms with Crippen LogP contribution in [-0.4, -0.2) is 46.6 Å². The van der Waals surface area contributed by atoms with Crippen LogP contribution in [0.4, 0.5) is 11.4 Å². The summed E-state index contributed by atoms with van der Waals surface area (Å²) in [7, 11) is 3.23. The second-order valence-corrected chi connectivity index (χ2v) is 8.61. The van der Waals surface area contributed by atoms with Gasteiger partial charge in [0.25, 0.3) is 0 Å². The molecule has 0 radical (unpaired) electrons. The lowest BCUT2D eigenvalue weighted by Gasteiger charge is -2.12. The van der Waals surface area contributed by atoms with E-state index in [-0.39, 0.29) is 17.6 Å². The van der Waals surface area contributed by atoms with Gasteiger partial charge in [0.15, 0.2) is 11.0 Å². The van der Waals surface area contributed by atoms with Crippen LogP contribution >= 0.6 is 11.8 Å². The fourth-order valence-electron chi connectivity index (χ4n) is 3.44. The van der Waals surface area contributed by atoms with E-state index in [1.54, 1.807) is 38.5 Å². The van der Waals surface area contributed by atoms with E-state index in [0.29, 0.717) is 28.1 Å². The largest absolute Gasteiger partial charge is 0.497 e. The number of nitrogens with one attached hydrogen (secondary N) is 2. The molecule has 0 bridgehead atoms. The topological polar surface area (TPSA) is 107 Å². The smallest absolute Gasteiger partial charge is 0.234 e. The van der Waals surface area contributed by atoms with E-state index in [1.807, 2.05) is 53.1 Å². The molecule has 0 fully saturated rings. The van der Waals surface area contributed by atoms with Gasteiger partial charge in [-0.2, -0.15) is 0 Å². The Labute approximate surface area is 212 Å². The minimum Gasteiger partial charge on any atom is -0.497 e. The van der Waals surface area contributed by atoms with Crippen LogP contribution in [0, 0.1) is 0 Å². The van der Waals surface area contributed by atoms with Gasteiger partial charge >= 0.3 is 0 Å². The Hall–Kier alpha value is -4.31. The fraction of sp³-hybridized carbons (Fsp3) is 0.154. The summed E-state index contributed by atoms with van der Waals surface area (Å²) < 4.78 is 12.6. The van der Waals surface area contributed by atoms with E-state index < -0.39 is 0 Å². The van der Waals surface area contributed by atoms with Crippen LogP contribution in [0.1, 0.15) is 6.92 Å². The number of anilines is 2. The van der Waals surface area contributed by atoms with E-state index in [4.69, 9.17) is 9.47 Å². The SMILES string of the molecule is COc1ccc(-n2c(SCC(=O)Nc3ccc(NC(C)=O)cc3)nnc2-c2cccc(OC)c2)cc1. The minimum atomic E-state index is -0.195. The molecule has 0 aliphatic rings. The third-order valence-corrected chi connectivity index (χ3v) is 6.04. The summed E-state index contributed by atoms with van der Waals surface area (Å²) in [4.78, 5) is 23.8. The van der Waals surface area contributed by atoms with Gasteiger partial charge in [0.2, 0.25) is 11.8 Å². The molecule has 0 aliphatic heterocycles. The molecule has 2 N–H and O–H groups in total. The molecule has 0 saturated carbocycles. The van der Waals surface area contributed by atoms with Crippen molar-refractivity contribution in [2.45, 2.75) is 12.1 Å². The number of hydrogen-bond donors (Lipinski definition) is 2. The molecule has 0 spiro atoms. The van der Waals surface area contributed by atoms with Gasteiger partial charge in [0, 0.05) is 29.5 Å². The predicted octanol–water partition coefficient (Wildman–Crippen LogP) is 4.64. The Bertz CT molecular complexity index is 1350. The van der Waals surface area contributed by atoms with Crippen molar-refractivity contribution in [2.24, 2.45) is 0 Å². The van der Waals surface area contributed by atoms with Gasteiger partial charge in [-0.05, 0) is 60.7 Å². The molecule has 184 valence electrons. The van der Waals surface area contributed by atoms with E-state index in [1.165, 1.54) is 18.7 Å². The summed E-state index contributed by atoms with van der Waals surface area (Å²) in [6.07, 6.45) is 0. The number of carbonyl (C=O) groups excluding carboxylic acids is 2. The maximum absolute atomic E-state index is 12.6. The standard InChI is InChI=1S/C26H25N5O4S/c1-17(32)27-19-7-9-20(10-8-19)28-24(33)16-36-26-30-29-25(18-5-4-6-23(15-18)35-3)31(26)21-11-13-22(34-2)14-12-21/h4-15H,16H2,1-3H3,(H,27,32)(H,28,33). The number of nitrogens with zero attached hydrogens (tertiary/aromatic N) is 3. The average Bonchev–Trinajstić information content (AvgIpc) is 3.32. The Morgan fingerprint density at radius 3 is 2.17 bits per heavy atom. The molecule has 0 saturated heterocycles. The molecule has 2 amide bonds. The number of ether oxygens (including phenoxy) is 2. The molecule has 4 rings (SSSR count). The first-order chi connectivity index (χ1) is 17.5. The van der Waals surface area contributed by atoms with Gasteiger partial charge in [0.1, 0.15) is 11.5 Å². The lowest BCUT2D eigenvalue weighted by atomic mass is 10.2. The van der Waals surface area contributed by atoms with E-state index in [9.17, 15) is 9.59 Å². The summed E-state index contributed by atoms with van der Waals surface area (Å²) >= 11 is 1.27. The molecule has 0 unspecified atom stereocenters. The number of benzene rings is 3. The molecular weight excluding hydrogens is 478 g/mol. The van der Waals surface area contributed by atoms with Crippen molar-refractivity contribution in [3.63, 3.8) is 0 Å². The average molecular weight is 504 g/mol. The Morgan fingerprint density at radius 1 is 0.861 bits per heavy atom. The van der Waals surface area contributed by atoms with Crippen molar-refractivity contribution >= 4 is 35.0 Å². The van der Waals surface area contributed by atoms with Gasteiger partial charge in [-0.3, -0.25) is 14.2 Å². The zero-order chi connectivity index (χ0) is 25.5. The third kappa shape index (κ3) is 6.02. The highest BCUT2D eigenvalue weighted by molar-refractivity contribution is 7.99. The van der Waals surface area contributed by atoms with Gasteiger partial charge in [-0.15, -0.1) is 10.2 Å². The zero-order valence-electron chi connectivity index (χ0n) is 20.0. The maximum Gasteiger partial charge on any atom is 0.234 e. The van der Waals surface area contributed by atoms with E-state index >= 15 is 0 Å². The van der Waals surface area contributed by atoms with Crippen LogP contribution in [-0.2, 0) is 9.59 Å². The van der Waals surface area contributed by atoms with Gasteiger partial charge in [0.05, 0.1) is 20.0 Å². The summed E-state index contributed by atoms with van der Waals surface area (Å²) in [5, 5.41) is 14.9. The van der Waals surface area contributed by atoms with Crippen LogP contribution < -0.4 is 20.1 Å². The van der Waals surface area contributed by atoms with Gasteiger partial charge in [-0.25, -0.2) is 0 Å². The Morgan fingerprint density at radius 2 is 1.53 bits per heavy atom. The summed E-state index contributed by atoms with van der Waals surface area (Å²) in [5.74, 6) is 1.83. The number of thioether (sulfide) groups is 1. The third-order valence-electron chi connectivity index (χ3n) is 5.11. The summed E-state index contributed by atoms with van der Waals surface area (Å²) in [6.45, 7) is 1.44. The normalized spacial score (nSPS) is 10.5. The van der Waals surface area contributed by atoms with Crippen LogP contribution in [0.15, 0.2) is 78.0 Å². The molecule has 1 aromatic heterocycles. The Kier molecular flexibility index (Phi) is 7.86. The van der Waals surface area contributed by atoms with E-state index in [0.717, 1.165) is 17.0 Å². The molecule has 10 heteroatoms. The highest BCUT2D eigenvalue weighted by Gasteiger charge is 2.18. The highest BCUT2D eigenvalue weighted by atomic mass is 32.2. The summed E-state index contributed by atoms with van der Waals surface area (Å²) in [5.41, 5.74) is 2.94. The number of hydrogen-bond acceptors (Lipinski definition) is 7. The molecular formula is C26H25N5O4S. The van der Waals surface area contributed by atoms with E-state index in [2.05, 4.69) is 20.8 Å². The molecule has 3 aromatic carbocycles. The number of amides is 2. The second kappa shape index (κ2) is 11.4. The second-order valence-electron chi connectivity index (χ2n) is 7.67. The highest BCUT2D eigenvalue weighted by Crippen LogP contribution is 2.30. The first-order valence-electron chi connectivity index (χ1n) is 11.0. The molecule has 1 heterocycles. The van der Waals surface area contributed by atoms with Gasteiger partial charge < -0.3 is 20.1 Å². The van der Waals surface area contributed by atoms with Crippen LogP contribution in [0.25, 0.3) is 17.1 Å². The molecule has 4 aromatic rings. The number of aromatic nitrogens is 3. The van der Waals surface area contributed by atoms with Crippen molar-refractivity contribution in [3.8, 4) is 28.6 Å². The lowest BCUT2D eigenvalue weighted by molar-refractivity contribution is -0.114. The number of methoxy groups -OCH3 is 2. The maximum atomic E-state index is 12.6. The van der Waals surface area contributed by atoms with Crippen molar-refractivity contribution in [1.29, 1.82) is 0 Å². The number of carbonyl (C=O) groups is 2. The van der Waals surface area contributed by atoms with Crippen molar-refractivity contribution in [3.05, 3.63) is 72.8 Å². The number of rotatable bonds is 9. The van der Waals surface area contributed by atoms with Crippen LogP contribution in [0.5, 0.6) is 11.5 Å². The monoisotopic (exact) mass is 503 g/mol. The molecule has 36 heavy (non-hydrogen) atoms. The first-order valence-corrected chi connectivity index (χ1v) is 12.0. The molecule has 0 aliphatic carbocycles. The quantitative estimate of drug-likeness (QED) is 0.320. The van der Waals surface area contributed by atoms with Crippen molar-refractivity contribution in [1.82, 2.24) is 14.8 Å². The summed E-state index contributed by atoms with van der Waals surface area (Å²) in [6, 6.07) is 22.0. The first kappa shape index (κ1) is 24.8. The van der Waals surface area contributed by atoms with Crippen LogP contribution in [0.3, 0.4) is 0 Å². The Balaban J connectivity index is 1.55. The molecule has 9 nitrogen and oxygen atoms in total. The van der Waals surface area contributed by atoms with Crippen molar-refractivity contribution < 1.29 is 19.1 Å². The minimum absolute atomic E-state index is 0.125. The van der Waals surface area contributed by atoms with Crippen molar-refractivity contribution in [2.75, 3.05) is 30.6 Å².